The minimum Gasteiger partial charge on any atom is -0.480 e. The second-order valence-corrected chi connectivity index (χ2v) is 3.15. The Labute approximate surface area is 72.4 Å². The summed E-state index contributed by atoms with van der Waals surface area (Å²) in [6, 6.07) is -0.323. The topological polar surface area (TPSA) is 63.3 Å². The number of hydrogen-bond donors (Lipinski definition) is 3. The first-order valence-corrected chi connectivity index (χ1v) is 4.27. The van der Waals surface area contributed by atoms with E-state index in [2.05, 4.69) is 12.6 Å². The Bertz CT molecular complexity index is 130. The summed E-state index contributed by atoms with van der Waals surface area (Å²) in [5.74, 6) is -0.933. The number of hydrogen-bond acceptors (Lipinski definition) is 3. The Balaban J connectivity index is 3.63. The summed E-state index contributed by atoms with van der Waals surface area (Å²) in [6.45, 7) is 2.04. The molecule has 0 aromatic heterocycles. The van der Waals surface area contributed by atoms with Crippen molar-refractivity contribution in [2.75, 3.05) is 0 Å². The molecular formula is C7H15NO2S. The van der Waals surface area contributed by atoms with E-state index in [9.17, 15) is 4.79 Å². The third-order valence-corrected chi connectivity index (χ3v) is 2.15. The molecule has 0 amide bonds. The van der Waals surface area contributed by atoms with Crippen LogP contribution in [0.2, 0.25) is 0 Å². The van der Waals surface area contributed by atoms with Crippen LogP contribution in [0.4, 0.5) is 0 Å². The summed E-state index contributed by atoms with van der Waals surface area (Å²) >= 11 is 3.87. The van der Waals surface area contributed by atoms with Crippen LogP contribution in [0.3, 0.4) is 0 Å². The lowest BCUT2D eigenvalue weighted by molar-refractivity contribution is -0.136. The van der Waals surface area contributed by atoms with Gasteiger partial charge in [-0.05, 0) is 6.42 Å². The number of thiol groups is 1. The van der Waals surface area contributed by atoms with Crippen molar-refractivity contribution < 1.29 is 9.90 Å². The molecule has 0 heterocycles. The lowest BCUT2D eigenvalue weighted by atomic mass is 10.1. The van der Waals surface area contributed by atoms with Gasteiger partial charge in [-0.15, -0.1) is 0 Å². The van der Waals surface area contributed by atoms with Gasteiger partial charge in [0.25, 0.3) is 0 Å². The minimum atomic E-state index is -0.933. The summed E-state index contributed by atoms with van der Waals surface area (Å²) in [5, 5.41) is 7.77. The van der Waals surface area contributed by atoms with Crippen LogP contribution in [0.5, 0.6) is 0 Å². The van der Waals surface area contributed by atoms with E-state index in [1.807, 2.05) is 6.92 Å². The fourth-order valence-corrected chi connectivity index (χ4v) is 0.930. The molecule has 0 spiro atoms. The van der Waals surface area contributed by atoms with Gasteiger partial charge in [-0.2, -0.15) is 12.6 Å². The van der Waals surface area contributed by atoms with Crippen LogP contribution in [-0.2, 0) is 4.79 Å². The molecule has 3 N–H and O–H groups in total. The van der Waals surface area contributed by atoms with Gasteiger partial charge in [0.15, 0.2) is 0 Å². The van der Waals surface area contributed by atoms with Gasteiger partial charge in [0, 0.05) is 6.04 Å². The minimum absolute atomic E-state index is 0.323. The first-order valence-electron chi connectivity index (χ1n) is 3.76. The number of carboxylic acid groups (broad SMARTS) is 1. The largest absolute Gasteiger partial charge is 0.480 e. The van der Waals surface area contributed by atoms with Gasteiger partial charge < -0.3 is 10.8 Å². The molecule has 3 nitrogen and oxygen atoms in total. The van der Waals surface area contributed by atoms with Gasteiger partial charge in [-0.1, -0.05) is 19.8 Å². The first-order chi connectivity index (χ1) is 5.09. The molecule has 2 atom stereocenters. The predicted molar refractivity (Wildman–Crippen MR) is 47.9 cm³/mol. The number of nitrogens with two attached hydrogens (primary N) is 1. The second kappa shape index (κ2) is 5.43. The molecule has 0 fully saturated rings. The van der Waals surface area contributed by atoms with Gasteiger partial charge in [-0.3, -0.25) is 4.79 Å². The fourth-order valence-electron chi connectivity index (χ4n) is 0.781. The van der Waals surface area contributed by atoms with Crippen LogP contribution < -0.4 is 5.73 Å². The second-order valence-electron chi connectivity index (χ2n) is 2.59. The summed E-state index contributed by atoms with van der Waals surface area (Å²) < 4.78 is 0. The van der Waals surface area contributed by atoms with E-state index in [1.54, 1.807) is 0 Å². The molecule has 4 heteroatoms. The average Bonchev–Trinajstić information content (AvgIpc) is 1.98. The molecule has 0 bridgehead atoms. The zero-order valence-electron chi connectivity index (χ0n) is 6.66. The Morgan fingerprint density at radius 1 is 1.73 bits per heavy atom. The molecule has 66 valence electrons. The number of aliphatic carboxylic acids is 1. The van der Waals surface area contributed by atoms with Gasteiger partial charge in [0.2, 0.25) is 0 Å². The molecule has 0 aromatic rings. The van der Waals surface area contributed by atoms with Gasteiger partial charge in [0.1, 0.15) is 5.25 Å². The molecule has 2 unspecified atom stereocenters. The highest BCUT2D eigenvalue weighted by Gasteiger charge is 2.19. The van der Waals surface area contributed by atoms with Crippen LogP contribution in [0.15, 0.2) is 0 Å². The molecule has 0 saturated heterocycles. The van der Waals surface area contributed by atoms with Crippen molar-refractivity contribution in [1.29, 1.82) is 0 Å². The van der Waals surface area contributed by atoms with Crippen LogP contribution in [0.1, 0.15) is 26.2 Å². The normalized spacial score (nSPS) is 15.9. The van der Waals surface area contributed by atoms with Crippen LogP contribution in [0.25, 0.3) is 0 Å². The third kappa shape index (κ3) is 4.27. The van der Waals surface area contributed by atoms with Crippen molar-refractivity contribution in [3.05, 3.63) is 0 Å². The van der Waals surface area contributed by atoms with Crippen LogP contribution >= 0.6 is 12.6 Å². The van der Waals surface area contributed by atoms with Crippen molar-refractivity contribution >= 4 is 18.6 Å². The molecule has 0 saturated carbocycles. The number of carbonyl (C=O) groups is 1. The highest BCUT2D eigenvalue weighted by atomic mass is 32.1. The zero-order valence-corrected chi connectivity index (χ0v) is 7.55. The average molecular weight is 177 g/mol. The SMILES string of the molecule is CCCCC(N)C(S)C(=O)O. The summed E-state index contributed by atoms with van der Waals surface area (Å²) in [7, 11) is 0. The zero-order chi connectivity index (χ0) is 8.85. The monoisotopic (exact) mass is 177 g/mol. The Kier molecular flexibility index (Phi) is 5.32. The molecule has 0 rings (SSSR count). The van der Waals surface area contributed by atoms with Crippen molar-refractivity contribution in [2.45, 2.75) is 37.5 Å². The highest BCUT2D eigenvalue weighted by molar-refractivity contribution is 7.81. The summed E-state index contributed by atoms with van der Waals surface area (Å²) in [6.07, 6.45) is 2.73. The lowest BCUT2D eigenvalue weighted by Gasteiger charge is -2.13. The molecule has 0 aliphatic carbocycles. The highest BCUT2D eigenvalue weighted by Crippen LogP contribution is 2.07. The van der Waals surface area contributed by atoms with E-state index in [0.29, 0.717) is 0 Å². The van der Waals surface area contributed by atoms with E-state index in [4.69, 9.17) is 10.8 Å². The van der Waals surface area contributed by atoms with Crippen molar-refractivity contribution in [3.8, 4) is 0 Å². The lowest BCUT2D eigenvalue weighted by Crippen LogP contribution is -2.36. The van der Waals surface area contributed by atoms with E-state index < -0.39 is 11.2 Å². The van der Waals surface area contributed by atoms with E-state index in [1.165, 1.54) is 0 Å². The van der Waals surface area contributed by atoms with E-state index in [0.717, 1.165) is 19.3 Å². The molecule has 0 aliphatic rings. The molecule has 0 aliphatic heterocycles. The standard InChI is InChI=1S/C7H15NO2S/c1-2-3-4-5(8)6(11)7(9)10/h5-6,11H,2-4,8H2,1H3,(H,9,10). The van der Waals surface area contributed by atoms with Crippen molar-refractivity contribution in [1.82, 2.24) is 0 Å². The van der Waals surface area contributed by atoms with Gasteiger partial charge in [-0.25, -0.2) is 0 Å². The quantitative estimate of drug-likeness (QED) is 0.546. The molecule has 11 heavy (non-hydrogen) atoms. The third-order valence-electron chi connectivity index (χ3n) is 1.55. The maximum absolute atomic E-state index is 10.3. The van der Waals surface area contributed by atoms with E-state index in [-0.39, 0.29) is 6.04 Å². The molecule has 0 radical (unpaired) electrons. The Hall–Kier alpha value is -0.220. The number of unbranched alkanes of at least 4 members (excludes halogenated alkanes) is 1. The van der Waals surface area contributed by atoms with Gasteiger partial charge >= 0.3 is 5.97 Å². The number of carboxylic acids is 1. The Morgan fingerprint density at radius 3 is 2.64 bits per heavy atom. The maximum Gasteiger partial charge on any atom is 0.317 e. The smallest absolute Gasteiger partial charge is 0.317 e. The first kappa shape index (κ1) is 10.8. The Morgan fingerprint density at radius 2 is 2.27 bits per heavy atom. The van der Waals surface area contributed by atoms with Gasteiger partial charge in [0.05, 0.1) is 0 Å². The molecular weight excluding hydrogens is 162 g/mol. The van der Waals surface area contributed by atoms with Crippen LogP contribution in [-0.4, -0.2) is 22.4 Å². The fraction of sp³-hybridized carbons (Fsp3) is 0.857. The van der Waals surface area contributed by atoms with Crippen molar-refractivity contribution in [3.63, 3.8) is 0 Å². The number of rotatable bonds is 5. The maximum atomic E-state index is 10.3. The van der Waals surface area contributed by atoms with Crippen LogP contribution in [0, 0.1) is 0 Å². The predicted octanol–water partition coefficient (Wildman–Crippen LogP) is 0.887. The summed E-state index contributed by atoms with van der Waals surface area (Å²) in [5.41, 5.74) is 5.55. The van der Waals surface area contributed by atoms with E-state index >= 15 is 0 Å². The summed E-state index contributed by atoms with van der Waals surface area (Å²) in [4.78, 5) is 10.3. The van der Waals surface area contributed by atoms with Crippen molar-refractivity contribution in [2.24, 2.45) is 5.73 Å². The molecule has 0 aromatic carbocycles.